The van der Waals surface area contributed by atoms with Gasteiger partial charge in [0.05, 0.1) is 10.9 Å². The van der Waals surface area contributed by atoms with E-state index in [0.29, 0.717) is 64.8 Å². The highest BCUT2D eigenvalue weighted by Gasteiger charge is 2.13. The monoisotopic (exact) mass is 448 g/mol. The van der Waals surface area contributed by atoms with Crippen LogP contribution in [0.15, 0.2) is 52.4 Å². The zero-order valence-corrected chi connectivity index (χ0v) is 18.1. The van der Waals surface area contributed by atoms with Gasteiger partial charge in [-0.15, -0.1) is 0 Å². The first kappa shape index (κ1) is 22.5. The second kappa shape index (κ2) is 10.7. The van der Waals surface area contributed by atoms with Gasteiger partial charge in [-0.2, -0.15) is 0 Å². The van der Waals surface area contributed by atoms with E-state index in [-0.39, 0.29) is 17.2 Å². The van der Waals surface area contributed by atoms with Gasteiger partial charge in [-0.3, -0.25) is 14.2 Å². The van der Waals surface area contributed by atoms with Gasteiger partial charge in [0.1, 0.15) is 5.82 Å². The van der Waals surface area contributed by atoms with Crippen LogP contribution in [0.5, 0.6) is 0 Å². The Morgan fingerprint density at radius 2 is 1.97 bits per heavy atom. The Balaban J connectivity index is 1.71. The van der Waals surface area contributed by atoms with Crippen LogP contribution in [0, 0.1) is 5.82 Å². The molecule has 0 saturated heterocycles. The van der Waals surface area contributed by atoms with Gasteiger partial charge in [-0.05, 0) is 55.3 Å². The summed E-state index contributed by atoms with van der Waals surface area (Å²) in [6.45, 7) is 1.04. The number of hydrogen-bond acceptors (Lipinski definition) is 5. The van der Waals surface area contributed by atoms with Crippen LogP contribution in [0.3, 0.4) is 0 Å². The van der Waals surface area contributed by atoms with Crippen LogP contribution in [-0.2, 0) is 11.3 Å². The lowest BCUT2D eigenvalue weighted by molar-refractivity contribution is 0.0982. The van der Waals surface area contributed by atoms with Crippen molar-refractivity contribution in [3.63, 3.8) is 0 Å². The lowest BCUT2D eigenvalue weighted by Gasteiger charge is -2.13. The van der Waals surface area contributed by atoms with Crippen LogP contribution in [0.25, 0.3) is 10.9 Å². The van der Waals surface area contributed by atoms with E-state index in [2.05, 4.69) is 4.98 Å². The summed E-state index contributed by atoms with van der Waals surface area (Å²) in [4.78, 5) is 29.8. The topological polar surface area (TPSA) is 61.2 Å². The largest absolute Gasteiger partial charge is 0.385 e. The molecule has 3 aromatic rings. The molecule has 3 rings (SSSR count). The number of ether oxygens (including phenoxy) is 1. The third-order valence-corrected chi connectivity index (χ3v) is 5.86. The summed E-state index contributed by atoms with van der Waals surface area (Å²) in [7, 11) is 1.62. The van der Waals surface area contributed by atoms with Crippen molar-refractivity contribution < 1.29 is 13.9 Å². The standard InChI is InChI=1S/C22H22ClFN2O3S/c1-29-12-3-11-26-21(28)18-10-7-16(23)14-19(18)25-22(26)30-13-2-4-20(27)15-5-8-17(24)9-6-15/h5-10,14H,2-4,11-13H2,1H3. The second-order valence-corrected chi connectivity index (χ2v) is 8.24. The lowest BCUT2D eigenvalue weighted by atomic mass is 10.1. The molecule has 0 amide bonds. The Kier molecular flexibility index (Phi) is 8.01. The molecule has 0 aliphatic rings. The summed E-state index contributed by atoms with van der Waals surface area (Å²) in [5, 5.41) is 1.64. The highest BCUT2D eigenvalue weighted by Crippen LogP contribution is 2.22. The molecule has 158 valence electrons. The van der Waals surface area contributed by atoms with Crippen molar-refractivity contribution in [3.05, 3.63) is 69.2 Å². The molecule has 0 N–H and O–H groups in total. The highest BCUT2D eigenvalue weighted by atomic mass is 35.5. The molecule has 0 unspecified atom stereocenters. The second-order valence-electron chi connectivity index (χ2n) is 6.74. The summed E-state index contributed by atoms with van der Waals surface area (Å²) in [6.07, 6.45) is 1.64. The minimum absolute atomic E-state index is 0.0358. The van der Waals surface area contributed by atoms with Crippen molar-refractivity contribution in [2.45, 2.75) is 31.0 Å². The molecule has 1 aromatic heterocycles. The summed E-state index contributed by atoms with van der Waals surface area (Å²) in [6, 6.07) is 10.6. The predicted molar refractivity (Wildman–Crippen MR) is 118 cm³/mol. The molecule has 5 nitrogen and oxygen atoms in total. The van der Waals surface area contributed by atoms with E-state index < -0.39 is 0 Å². The third-order valence-electron chi connectivity index (χ3n) is 4.56. The van der Waals surface area contributed by atoms with E-state index in [0.717, 1.165) is 0 Å². The van der Waals surface area contributed by atoms with Crippen LogP contribution in [-0.4, -0.2) is 34.8 Å². The SMILES string of the molecule is COCCCn1c(SCCCC(=O)c2ccc(F)cc2)nc2cc(Cl)ccc2c1=O. The van der Waals surface area contributed by atoms with Crippen molar-refractivity contribution in [1.29, 1.82) is 0 Å². The first-order chi connectivity index (χ1) is 14.5. The number of fused-ring (bicyclic) bond motifs is 1. The number of Topliss-reactive ketones (excluding diaryl/α,β-unsaturated/α-hetero) is 1. The number of nitrogens with zero attached hydrogens (tertiary/aromatic N) is 2. The van der Waals surface area contributed by atoms with Gasteiger partial charge in [0.25, 0.3) is 5.56 Å². The molecular formula is C22H22ClFN2O3S. The van der Waals surface area contributed by atoms with Gasteiger partial charge in [-0.1, -0.05) is 23.4 Å². The molecule has 0 radical (unpaired) electrons. The molecule has 30 heavy (non-hydrogen) atoms. The van der Waals surface area contributed by atoms with Crippen molar-refractivity contribution in [2.75, 3.05) is 19.5 Å². The molecule has 0 aliphatic carbocycles. The number of thioether (sulfide) groups is 1. The number of ketones is 1. The van der Waals surface area contributed by atoms with E-state index in [4.69, 9.17) is 16.3 Å². The number of benzene rings is 2. The first-order valence-corrected chi connectivity index (χ1v) is 11.0. The molecule has 0 saturated carbocycles. The van der Waals surface area contributed by atoms with Gasteiger partial charge in [-0.25, -0.2) is 9.37 Å². The zero-order chi connectivity index (χ0) is 21.5. The Hall–Kier alpha value is -2.22. The number of rotatable bonds is 10. The van der Waals surface area contributed by atoms with Crippen LogP contribution >= 0.6 is 23.4 Å². The Morgan fingerprint density at radius 1 is 1.20 bits per heavy atom. The van der Waals surface area contributed by atoms with E-state index in [1.54, 1.807) is 29.9 Å². The number of carbonyl (C=O) groups is 1. The molecule has 0 bridgehead atoms. The van der Waals surface area contributed by atoms with Crippen LogP contribution < -0.4 is 5.56 Å². The summed E-state index contributed by atoms with van der Waals surface area (Å²) in [5.41, 5.74) is 0.939. The van der Waals surface area contributed by atoms with Gasteiger partial charge in [0, 0.05) is 43.0 Å². The summed E-state index contributed by atoms with van der Waals surface area (Å²) >= 11 is 7.50. The zero-order valence-electron chi connectivity index (χ0n) is 16.6. The summed E-state index contributed by atoms with van der Waals surface area (Å²) in [5.74, 6) is 0.220. The Labute approximate surface area is 183 Å². The number of carbonyl (C=O) groups excluding carboxylic acids is 1. The van der Waals surface area contributed by atoms with Crippen molar-refractivity contribution in [2.24, 2.45) is 0 Å². The third kappa shape index (κ3) is 5.68. The fraction of sp³-hybridized carbons (Fsp3) is 0.318. The number of methoxy groups -OCH3 is 1. The van der Waals surface area contributed by atoms with Gasteiger partial charge < -0.3 is 4.74 Å². The highest BCUT2D eigenvalue weighted by molar-refractivity contribution is 7.99. The van der Waals surface area contributed by atoms with E-state index in [9.17, 15) is 14.0 Å². The Bertz CT molecular complexity index is 1090. The molecule has 0 atom stereocenters. The average molecular weight is 449 g/mol. The van der Waals surface area contributed by atoms with Gasteiger partial charge in [0.15, 0.2) is 10.9 Å². The van der Waals surface area contributed by atoms with Crippen LogP contribution in [0.1, 0.15) is 29.6 Å². The maximum atomic E-state index is 13.0. The molecular weight excluding hydrogens is 427 g/mol. The number of aromatic nitrogens is 2. The molecule has 8 heteroatoms. The predicted octanol–water partition coefficient (Wildman–Crippen LogP) is 4.98. The van der Waals surface area contributed by atoms with Crippen molar-refractivity contribution >= 4 is 40.0 Å². The minimum atomic E-state index is -0.365. The molecule has 1 heterocycles. The van der Waals surface area contributed by atoms with E-state index in [1.807, 2.05) is 0 Å². The van der Waals surface area contributed by atoms with Crippen LogP contribution in [0.4, 0.5) is 4.39 Å². The smallest absolute Gasteiger partial charge is 0.262 e. The fourth-order valence-corrected chi connectivity index (χ4v) is 4.16. The Morgan fingerprint density at radius 3 is 2.70 bits per heavy atom. The first-order valence-electron chi connectivity index (χ1n) is 9.60. The van der Waals surface area contributed by atoms with Crippen molar-refractivity contribution in [3.8, 4) is 0 Å². The van der Waals surface area contributed by atoms with Crippen molar-refractivity contribution in [1.82, 2.24) is 9.55 Å². The fourth-order valence-electron chi connectivity index (χ4n) is 3.02. The lowest BCUT2D eigenvalue weighted by Crippen LogP contribution is -2.24. The molecule has 0 fully saturated rings. The molecule has 0 spiro atoms. The van der Waals surface area contributed by atoms with Crippen LogP contribution in [0.2, 0.25) is 5.02 Å². The minimum Gasteiger partial charge on any atom is -0.385 e. The quantitative estimate of drug-likeness (QED) is 0.189. The maximum Gasteiger partial charge on any atom is 0.262 e. The van der Waals surface area contributed by atoms with Gasteiger partial charge >= 0.3 is 0 Å². The average Bonchev–Trinajstić information content (AvgIpc) is 2.73. The van der Waals surface area contributed by atoms with E-state index in [1.165, 1.54) is 36.0 Å². The van der Waals surface area contributed by atoms with Gasteiger partial charge in [0.2, 0.25) is 0 Å². The normalized spacial score (nSPS) is 11.2. The molecule has 0 aliphatic heterocycles. The number of halogens is 2. The van der Waals surface area contributed by atoms with E-state index >= 15 is 0 Å². The number of hydrogen-bond donors (Lipinski definition) is 0. The summed E-state index contributed by atoms with van der Waals surface area (Å²) < 4.78 is 19.8. The maximum absolute atomic E-state index is 13.0. The molecule has 2 aromatic carbocycles.